The van der Waals surface area contributed by atoms with E-state index in [-0.39, 0.29) is 24.2 Å². The van der Waals surface area contributed by atoms with Crippen LogP contribution >= 0.6 is 12.4 Å². The van der Waals surface area contributed by atoms with Gasteiger partial charge in [-0.25, -0.2) is 0 Å². The fraction of sp³-hybridized carbons (Fsp3) is 0.533. The van der Waals surface area contributed by atoms with Crippen LogP contribution in [-0.2, 0) is 9.53 Å². The third-order valence-electron chi connectivity index (χ3n) is 2.77. The van der Waals surface area contributed by atoms with Crippen LogP contribution in [0, 0.1) is 5.92 Å². The van der Waals surface area contributed by atoms with Gasteiger partial charge in [0.05, 0.1) is 19.1 Å². The number of halogens is 1. The first kappa shape index (κ1) is 19.7. The molecule has 1 amide bonds. The summed E-state index contributed by atoms with van der Waals surface area (Å²) >= 11 is 0. The van der Waals surface area contributed by atoms with Crippen molar-refractivity contribution >= 4 is 18.3 Å². The summed E-state index contributed by atoms with van der Waals surface area (Å²) in [4.78, 5) is 11.8. The highest BCUT2D eigenvalue weighted by Crippen LogP contribution is 2.09. The Hall–Kier alpha value is -1.30. The van der Waals surface area contributed by atoms with Crippen LogP contribution in [0.1, 0.15) is 6.92 Å². The predicted molar refractivity (Wildman–Crippen MR) is 86.1 cm³/mol. The Bertz CT molecular complexity index is 376. The molecular formula is C15H25ClN2O3. The van der Waals surface area contributed by atoms with Crippen LogP contribution in [0.15, 0.2) is 30.3 Å². The topological polar surface area (TPSA) is 59.6 Å². The number of benzene rings is 1. The molecule has 1 aromatic carbocycles. The van der Waals surface area contributed by atoms with Gasteiger partial charge in [-0.2, -0.15) is 0 Å². The van der Waals surface area contributed by atoms with Gasteiger partial charge < -0.3 is 20.1 Å². The molecule has 0 radical (unpaired) electrons. The van der Waals surface area contributed by atoms with Crippen molar-refractivity contribution in [3.05, 3.63) is 30.3 Å². The van der Waals surface area contributed by atoms with E-state index in [2.05, 4.69) is 10.6 Å². The van der Waals surface area contributed by atoms with Gasteiger partial charge in [0.25, 0.3) is 0 Å². The molecule has 2 N–H and O–H groups in total. The van der Waals surface area contributed by atoms with E-state index >= 15 is 0 Å². The Morgan fingerprint density at radius 1 is 1.19 bits per heavy atom. The summed E-state index contributed by atoms with van der Waals surface area (Å²) < 4.78 is 10.5. The molecule has 120 valence electrons. The van der Waals surface area contributed by atoms with Gasteiger partial charge in [0, 0.05) is 26.7 Å². The molecule has 1 aromatic rings. The zero-order chi connectivity index (χ0) is 14.6. The predicted octanol–water partition coefficient (Wildman–Crippen LogP) is 1.48. The van der Waals surface area contributed by atoms with Crippen molar-refractivity contribution in [3.63, 3.8) is 0 Å². The highest BCUT2D eigenvalue weighted by molar-refractivity contribution is 5.85. The number of amides is 1. The number of para-hydroxylation sites is 1. The van der Waals surface area contributed by atoms with E-state index < -0.39 is 0 Å². The molecule has 0 saturated carbocycles. The van der Waals surface area contributed by atoms with Crippen molar-refractivity contribution in [3.8, 4) is 5.75 Å². The van der Waals surface area contributed by atoms with Gasteiger partial charge in [-0.15, -0.1) is 12.4 Å². The lowest BCUT2D eigenvalue weighted by atomic mass is 10.2. The van der Waals surface area contributed by atoms with Gasteiger partial charge in [-0.05, 0) is 12.1 Å². The number of methoxy groups -OCH3 is 1. The summed E-state index contributed by atoms with van der Waals surface area (Å²) in [5.74, 6) is 0.622. The van der Waals surface area contributed by atoms with Crippen molar-refractivity contribution < 1.29 is 14.3 Å². The van der Waals surface area contributed by atoms with Gasteiger partial charge >= 0.3 is 0 Å². The van der Waals surface area contributed by atoms with Crippen LogP contribution in [0.25, 0.3) is 0 Å². The average Bonchev–Trinajstić information content (AvgIpc) is 2.49. The van der Waals surface area contributed by atoms with Gasteiger partial charge in [0.1, 0.15) is 5.75 Å². The fourth-order valence-electron chi connectivity index (χ4n) is 1.56. The molecule has 0 fully saturated rings. The first-order valence-electron chi connectivity index (χ1n) is 6.89. The first-order valence-corrected chi connectivity index (χ1v) is 6.89. The molecule has 6 heteroatoms. The first-order chi connectivity index (χ1) is 9.74. The van der Waals surface area contributed by atoms with Gasteiger partial charge in [0.15, 0.2) is 0 Å². The normalized spacial score (nSPS) is 11.3. The average molecular weight is 317 g/mol. The molecule has 0 aliphatic heterocycles. The van der Waals surface area contributed by atoms with Gasteiger partial charge in [0.2, 0.25) is 5.91 Å². The molecule has 0 heterocycles. The van der Waals surface area contributed by atoms with E-state index in [1.165, 1.54) is 0 Å². The molecule has 1 rings (SSSR count). The zero-order valence-electron chi connectivity index (χ0n) is 12.6. The summed E-state index contributed by atoms with van der Waals surface area (Å²) in [5, 5.41) is 6.04. The van der Waals surface area contributed by atoms with E-state index in [1.807, 2.05) is 37.3 Å². The van der Waals surface area contributed by atoms with E-state index in [0.717, 1.165) is 18.8 Å². The molecule has 1 unspecified atom stereocenters. The van der Waals surface area contributed by atoms with Crippen LogP contribution in [0.2, 0.25) is 0 Å². The molecule has 0 saturated heterocycles. The number of carbonyl (C=O) groups is 1. The minimum Gasteiger partial charge on any atom is -0.493 e. The van der Waals surface area contributed by atoms with E-state index in [0.29, 0.717) is 19.8 Å². The van der Waals surface area contributed by atoms with E-state index in [9.17, 15) is 4.79 Å². The lowest BCUT2D eigenvalue weighted by molar-refractivity contribution is -0.125. The largest absolute Gasteiger partial charge is 0.493 e. The Kier molecular flexibility index (Phi) is 11.7. The standard InChI is InChI=1S/C15H24N2O3.ClH/c1-13(12-20-14-6-4-3-5-7-14)15(18)17-9-8-16-10-11-19-2;/h3-7,13,16H,8-12H2,1-2H3,(H,17,18);1H. The Balaban J connectivity index is 0.00000400. The number of hydrogen-bond donors (Lipinski definition) is 2. The Morgan fingerprint density at radius 3 is 2.57 bits per heavy atom. The molecule has 21 heavy (non-hydrogen) atoms. The Labute approximate surface area is 132 Å². The highest BCUT2D eigenvalue weighted by atomic mass is 35.5. The van der Waals surface area contributed by atoms with Crippen LogP contribution in [0.5, 0.6) is 5.75 Å². The minimum atomic E-state index is -0.172. The number of rotatable bonds is 10. The van der Waals surface area contributed by atoms with E-state index in [4.69, 9.17) is 9.47 Å². The van der Waals surface area contributed by atoms with Crippen molar-refractivity contribution in [1.29, 1.82) is 0 Å². The molecule has 0 aliphatic rings. The number of hydrogen-bond acceptors (Lipinski definition) is 4. The van der Waals surface area contributed by atoms with Crippen LogP contribution < -0.4 is 15.4 Å². The Morgan fingerprint density at radius 2 is 1.90 bits per heavy atom. The van der Waals surface area contributed by atoms with Crippen molar-refractivity contribution in [2.24, 2.45) is 5.92 Å². The SMILES string of the molecule is COCCNCCNC(=O)C(C)COc1ccccc1.Cl. The van der Waals surface area contributed by atoms with Crippen LogP contribution in [0.3, 0.4) is 0 Å². The second-order valence-corrected chi connectivity index (χ2v) is 4.56. The summed E-state index contributed by atoms with van der Waals surface area (Å²) in [6.07, 6.45) is 0. The third kappa shape index (κ3) is 9.28. The minimum absolute atomic E-state index is 0. The maximum absolute atomic E-state index is 11.8. The molecule has 0 spiro atoms. The maximum Gasteiger partial charge on any atom is 0.226 e. The maximum atomic E-state index is 11.8. The lowest BCUT2D eigenvalue weighted by Gasteiger charge is -2.13. The van der Waals surface area contributed by atoms with Crippen LogP contribution in [-0.4, -0.2) is 45.9 Å². The fourth-order valence-corrected chi connectivity index (χ4v) is 1.56. The monoisotopic (exact) mass is 316 g/mol. The van der Waals surface area contributed by atoms with E-state index in [1.54, 1.807) is 7.11 Å². The number of nitrogens with one attached hydrogen (secondary N) is 2. The molecule has 0 aromatic heterocycles. The smallest absolute Gasteiger partial charge is 0.226 e. The molecule has 0 bridgehead atoms. The second kappa shape index (κ2) is 12.4. The summed E-state index contributed by atoms with van der Waals surface area (Å²) in [7, 11) is 1.66. The van der Waals surface area contributed by atoms with Crippen LogP contribution in [0.4, 0.5) is 0 Å². The summed E-state index contributed by atoms with van der Waals surface area (Å²) in [6, 6.07) is 9.51. The van der Waals surface area contributed by atoms with Gasteiger partial charge in [-0.3, -0.25) is 4.79 Å². The number of ether oxygens (including phenoxy) is 2. The van der Waals surface area contributed by atoms with Crippen molar-refractivity contribution in [1.82, 2.24) is 10.6 Å². The molecule has 1 atom stereocenters. The summed E-state index contributed by atoms with van der Waals surface area (Å²) in [5.41, 5.74) is 0. The molecular weight excluding hydrogens is 292 g/mol. The number of carbonyl (C=O) groups excluding carboxylic acids is 1. The molecule has 5 nitrogen and oxygen atoms in total. The quantitative estimate of drug-likeness (QED) is 0.642. The second-order valence-electron chi connectivity index (χ2n) is 4.56. The zero-order valence-corrected chi connectivity index (χ0v) is 13.4. The third-order valence-corrected chi connectivity index (χ3v) is 2.77. The van der Waals surface area contributed by atoms with Crippen molar-refractivity contribution in [2.75, 3.05) is 40.0 Å². The van der Waals surface area contributed by atoms with Crippen molar-refractivity contribution in [2.45, 2.75) is 6.92 Å². The summed E-state index contributed by atoms with van der Waals surface area (Å²) in [6.45, 7) is 5.05. The lowest BCUT2D eigenvalue weighted by Crippen LogP contribution is -2.37. The highest BCUT2D eigenvalue weighted by Gasteiger charge is 2.12. The molecule has 0 aliphatic carbocycles. The van der Waals surface area contributed by atoms with Gasteiger partial charge in [-0.1, -0.05) is 25.1 Å².